The Bertz CT molecular complexity index is 1080. The molecule has 0 aromatic heterocycles. The molecule has 2 aromatic carbocycles. The number of carbonyl (C=O) groups excluding carboxylic acids is 3. The molecular weight excluding hydrogens is 408 g/mol. The number of nitrogens with one attached hydrogen (secondary N) is 1. The fourth-order valence-corrected chi connectivity index (χ4v) is 2.82. The van der Waals surface area contributed by atoms with E-state index in [0.717, 1.165) is 4.90 Å². The number of ether oxygens (including phenoxy) is 3. The van der Waals surface area contributed by atoms with Gasteiger partial charge in [-0.3, -0.25) is 14.9 Å². The number of amides is 4. The van der Waals surface area contributed by atoms with Crippen LogP contribution in [0.5, 0.6) is 17.2 Å². The van der Waals surface area contributed by atoms with Crippen LogP contribution in [-0.2, 0) is 14.4 Å². The smallest absolute Gasteiger partial charge is 0.341 e. The zero-order valence-electron chi connectivity index (χ0n) is 16.6. The summed E-state index contributed by atoms with van der Waals surface area (Å²) in [7, 11) is 2.85. The summed E-state index contributed by atoms with van der Waals surface area (Å²) in [6, 6.07) is 9.76. The van der Waals surface area contributed by atoms with Crippen molar-refractivity contribution in [3.05, 3.63) is 53.6 Å². The van der Waals surface area contributed by atoms with Gasteiger partial charge in [0.05, 0.1) is 19.9 Å². The van der Waals surface area contributed by atoms with Gasteiger partial charge in [-0.2, -0.15) is 0 Å². The van der Waals surface area contributed by atoms with Gasteiger partial charge in [0.25, 0.3) is 11.8 Å². The number of rotatable bonds is 7. The summed E-state index contributed by atoms with van der Waals surface area (Å²) in [5.41, 5.74) is 0.399. The first-order valence-corrected chi connectivity index (χ1v) is 8.92. The van der Waals surface area contributed by atoms with E-state index in [9.17, 15) is 19.2 Å². The number of nitrogens with zero attached hydrogens (tertiary/aromatic N) is 1. The van der Waals surface area contributed by atoms with Gasteiger partial charge in [-0.15, -0.1) is 0 Å². The number of urea groups is 1. The molecule has 1 aliphatic rings. The monoisotopic (exact) mass is 426 g/mol. The van der Waals surface area contributed by atoms with Gasteiger partial charge in [0.1, 0.15) is 11.3 Å². The molecule has 0 atom stereocenters. The lowest BCUT2D eigenvalue weighted by atomic mass is 10.1. The van der Waals surface area contributed by atoms with Crippen LogP contribution in [0.3, 0.4) is 0 Å². The summed E-state index contributed by atoms with van der Waals surface area (Å²) in [6.45, 7) is -0.559. The highest BCUT2D eigenvalue weighted by Gasteiger charge is 2.36. The van der Waals surface area contributed by atoms with Gasteiger partial charge >= 0.3 is 12.0 Å². The number of carboxylic acid groups (broad SMARTS) is 1. The molecule has 1 aliphatic heterocycles. The zero-order valence-corrected chi connectivity index (χ0v) is 16.6. The van der Waals surface area contributed by atoms with Crippen LogP contribution >= 0.6 is 0 Å². The van der Waals surface area contributed by atoms with Crippen LogP contribution in [0.1, 0.15) is 5.56 Å². The van der Waals surface area contributed by atoms with E-state index in [1.54, 1.807) is 12.1 Å². The van der Waals surface area contributed by atoms with Crippen LogP contribution in [-0.4, -0.2) is 49.7 Å². The minimum absolute atomic E-state index is 0.182. The van der Waals surface area contributed by atoms with E-state index in [0.29, 0.717) is 11.3 Å². The van der Waals surface area contributed by atoms with Gasteiger partial charge in [-0.05, 0) is 48.0 Å². The number of barbiturate groups is 1. The Morgan fingerprint density at radius 1 is 1.03 bits per heavy atom. The Morgan fingerprint density at radius 2 is 1.74 bits per heavy atom. The Hall–Kier alpha value is -4.34. The molecule has 2 N–H and O–H groups in total. The zero-order chi connectivity index (χ0) is 22.5. The molecule has 2 aromatic rings. The SMILES string of the molecule is COc1ccc(N2C(=O)NC(=O)/C(=C\c3ccc(OCC(=O)O)c(OC)c3)C2=O)cc1. The van der Waals surface area contributed by atoms with Crippen molar-refractivity contribution in [2.24, 2.45) is 0 Å². The molecule has 0 spiro atoms. The maximum absolute atomic E-state index is 12.9. The third-order valence-corrected chi connectivity index (χ3v) is 4.28. The molecule has 3 rings (SSSR count). The quantitative estimate of drug-likeness (QED) is 0.506. The van der Waals surface area contributed by atoms with Crippen LogP contribution in [0.2, 0.25) is 0 Å². The topological polar surface area (TPSA) is 131 Å². The van der Waals surface area contributed by atoms with E-state index in [2.05, 4.69) is 5.32 Å². The number of hydrogen-bond donors (Lipinski definition) is 2. The average molecular weight is 426 g/mol. The number of imide groups is 2. The van der Waals surface area contributed by atoms with Crippen LogP contribution < -0.4 is 24.4 Å². The van der Waals surface area contributed by atoms with Crippen molar-refractivity contribution < 1.29 is 38.5 Å². The molecule has 160 valence electrons. The highest BCUT2D eigenvalue weighted by molar-refractivity contribution is 6.39. The van der Waals surface area contributed by atoms with Crippen molar-refractivity contribution in [2.45, 2.75) is 0 Å². The molecule has 4 amide bonds. The lowest BCUT2D eigenvalue weighted by molar-refractivity contribution is -0.139. The van der Waals surface area contributed by atoms with Crippen molar-refractivity contribution in [3.8, 4) is 17.2 Å². The molecule has 0 unspecified atom stereocenters. The predicted molar refractivity (Wildman–Crippen MR) is 108 cm³/mol. The van der Waals surface area contributed by atoms with Gasteiger partial charge in [0.2, 0.25) is 0 Å². The highest BCUT2D eigenvalue weighted by atomic mass is 16.5. The van der Waals surface area contributed by atoms with Crippen LogP contribution in [0, 0.1) is 0 Å². The van der Waals surface area contributed by atoms with Gasteiger partial charge in [0.15, 0.2) is 18.1 Å². The second-order valence-corrected chi connectivity index (χ2v) is 6.25. The van der Waals surface area contributed by atoms with Crippen molar-refractivity contribution in [1.82, 2.24) is 5.32 Å². The molecule has 31 heavy (non-hydrogen) atoms. The van der Waals surface area contributed by atoms with Crippen LogP contribution in [0.4, 0.5) is 10.5 Å². The van der Waals surface area contributed by atoms with E-state index < -0.39 is 30.4 Å². The molecule has 0 saturated carbocycles. The number of carboxylic acids is 1. The molecule has 0 aliphatic carbocycles. The molecule has 0 radical (unpaired) electrons. The van der Waals surface area contributed by atoms with Gasteiger partial charge in [-0.25, -0.2) is 14.5 Å². The number of methoxy groups -OCH3 is 2. The second kappa shape index (κ2) is 8.99. The predicted octanol–water partition coefficient (Wildman–Crippen LogP) is 1.83. The summed E-state index contributed by atoms with van der Waals surface area (Å²) in [5.74, 6) is -1.86. The largest absolute Gasteiger partial charge is 0.497 e. The van der Waals surface area contributed by atoms with Crippen molar-refractivity contribution in [1.29, 1.82) is 0 Å². The van der Waals surface area contributed by atoms with E-state index >= 15 is 0 Å². The molecule has 0 bridgehead atoms. The second-order valence-electron chi connectivity index (χ2n) is 6.25. The summed E-state index contributed by atoms with van der Waals surface area (Å²) in [6.07, 6.45) is 1.30. The number of benzene rings is 2. The summed E-state index contributed by atoms with van der Waals surface area (Å²) in [5, 5.41) is 10.9. The van der Waals surface area contributed by atoms with E-state index in [4.69, 9.17) is 19.3 Å². The fraction of sp³-hybridized carbons (Fsp3) is 0.143. The summed E-state index contributed by atoms with van der Waals surface area (Å²) >= 11 is 0. The van der Waals surface area contributed by atoms with E-state index in [-0.39, 0.29) is 22.8 Å². The van der Waals surface area contributed by atoms with Crippen molar-refractivity contribution >= 4 is 35.6 Å². The van der Waals surface area contributed by atoms with Crippen molar-refractivity contribution in [2.75, 3.05) is 25.7 Å². The first-order valence-electron chi connectivity index (χ1n) is 8.92. The molecule has 10 nitrogen and oxygen atoms in total. The van der Waals surface area contributed by atoms with Gasteiger partial charge in [0, 0.05) is 0 Å². The maximum atomic E-state index is 12.9. The Labute approximate surface area is 176 Å². The molecular formula is C21H18N2O8. The number of hydrogen-bond acceptors (Lipinski definition) is 7. The summed E-state index contributed by atoms with van der Waals surface area (Å²) in [4.78, 5) is 49.0. The van der Waals surface area contributed by atoms with Gasteiger partial charge < -0.3 is 19.3 Å². The average Bonchev–Trinajstić information content (AvgIpc) is 2.75. The minimum atomic E-state index is -1.15. The van der Waals surface area contributed by atoms with Crippen molar-refractivity contribution in [3.63, 3.8) is 0 Å². The van der Waals surface area contributed by atoms with E-state index in [1.807, 2.05) is 0 Å². The van der Waals surface area contributed by atoms with Crippen LogP contribution in [0.15, 0.2) is 48.0 Å². The maximum Gasteiger partial charge on any atom is 0.341 e. The van der Waals surface area contributed by atoms with Gasteiger partial charge in [-0.1, -0.05) is 6.07 Å². The lowest BCUT2D eigenvalue weighted by Gasteiger charge is -2.26. The number of aliphatic carboxylic acids is 1. The van der Waals surface area contributed by atoms with Crippen LogP contribution in [0.25, 0.3) is 6.08 Å². The first kappa shape index (κ1) is 21.4. The first-order chi connectivity index (χ1) is 14.8. The fourth-order valence-electron chi connectivity index (χ4n) is 2.82. The molecule has 1 saturated heterocycles. The minimum Gasteiger partial charge on any atom is -0.497 e. The summed E-state index contributed by atoms with van der Waals surface area (Å²) < 4.78 is 15.4. The third kappa shape index (κ3) is 4.64. The molecule has 1 fully saturated rings. The molecule has 10 heteroatoms. The lowest BCUT2D eigenvalue weighted by Crippen LogP contribution is -2.54. The Balaban J connectivity index is 1.92. The number of carbonyl (C=O) groups is 4. The standard InChI is InChI=1S/C21H18N2O8/c1-29-14-6-4-13(5-7-14)23-20(27)15(19(26)22-21(23)28)9-12-3-8-16(17(10-12)30-2)31-11-18(24)25/h3-10H,11H2,1-2H3,(H,24,25)(H,22,26,28)/b15-9+. The Morgan fingerprint density at radius 3 is 2.35 bits per heavy atom. The number of anilines is 1. The molecule has 1 heterocycles. The Kier molecular flexibility index (Phi) is 6.20. The van der Waals surface area contributed by atoms with E-state index in [1.165, 1.54) is 50.6 Å². The normalized spacial score (nSPS) is 15.0. The third-order valence-electron chi connectivity index (χ3n) is 4.28. The highest BCUT2D eigenvalue weighted by Crippen LogP contribution is 2.30.